The first-order valence-corrected chi connectivity index (χ1v) is 30.6. The molecular formula is C85H52N2O2. The molecule has 2 aromatic heterocycles. The van der Waals surface area contributed by atoms with Crippen molar-refractivity contribution < 1.29 is 8.83 Å². The maximum Gasteiger partial charge on any atom is 0.159 e. The molecule has 1 unspecified atom stereocenters. The number of para-hydroxylation sites is 6. The van der Waals surface area contributed by atoms with Gasteiger partial charge in [-0.25, -0.2) is 0 Å². The fourth-order valence-electron chi connectivity index (χ4n) is 15.4. The highest BCUT2D eigenvalue weighted by atomic mass is 16.3. The highest BCUT2D eigenvalue weighted by Gasteiger charge is 2.53. The molecule has 1 spiro atoms. The van der Waals surface area contributed by atoms with Gasteiger partial charge in [-0.3, -0.25) is 0 Å². The summed E-state index contributed by atoms with van der Waals surface area (Å²) in [4.78, 5) is 4.74. The summed E-state index contributed by atoms with van der Waals surface area (Å²) in [5.74, 6) is 0. The molecule has 414 valence electrons. The summed E-state index contributed by atoms with van der Waals surface area (Å²) < 4.78 is 14.3. The summed E-state index contributed by atoms with van der Waals surface area (Å²) in [5, 5.41) is 11.5. The van der Waals surface area contributed by atoms with Crippen LogP contribution in [0.2, 0.25) is 0 Å². The fraction of sp³-hybridized carbons (Fsp3) is 0.0118. The number of fused-ring (bicyclic) bond motifs is 21. The minimum atomic E-state index is -0.670. The van der Waals surface area contributed by atoms with Crippen molar-refractivity contribution >= 4 is 110 Å². The van der Waals surface area contributed by atoms with Crippen LogP contribution in [-0.2, 0) is 5.41 Å². The van der Waals surface area contributed by atoms with Crippen LogP contribution in [-0.4, -0.2) is 0 Å². The first-order valence-electron chi connectivity index (χ1n) is 30.6. The van der Waals surface area contributed by atoms with Crippen LogP contribution in [0.25, 0.3) is 121 Å². The smallest absolute Gasteiger partial charge is 0.159 e. The van der Waals surface area contributed by atoms with Crippen LogP contribution in [0.1, 0.15) is 22.3 Å². The zero-order chi connectivity index (χ0) is 58.3. The molecule has 17 aromatic rings. The Morgan fingerprint density at radius 2 is 0.719 bits per heavy atom. The summed E-state index contributed by atoms with van der Waals surface area (Å²) in [5.41, 5.74) is 23.6. The fourth-order valence-corrected chi connectivity index (χ4v) is 15.4. The van der Waals surface area contributed by atoms with Crippen molar-refractivity contribution in [2.75, 3.05) is 9.80 Å². The molecule has 0 bridgehead atoms. The molecule has 89 heavy (non-hydrogen) atoms. The van der Waals surface area contributed by atoms with Gasteiger partial charge in [-0.05, 0) is 161 Å². The standard InChI is InChI=1S/C85H52N2O2/c1-5-21-53(22-6-1)65-32-17-34-68-70-36-19-39-77(83(70)88-81(65)68)86(59-26-9-3-10-27-59)61-44-41-56-51-73-67-46-42-57-49-62(87(60-28-11-4-12-29-60)78-40-20-37-71-69-35-18-33-66(82(69)89-84(71)78)54-23-7-2-8-24-54)45-47-64(57)80(67)85(76(73)52-58(56)50-61)74-38-16-15-31-72(74)79-63-30-14-13-25-55(63)43-48-75(79)85/h1-52H. The van der Waals surface area contributed by atoms with Crippen molar-refractivity contribution in [2.45, 2.75) is 5.41 Å². The average molecular weight is 1130 g/mol. The van der Waals surface area contributed by atoms with Gasteiger partial charge in [-0.2, -0.15) is 0 Å². The molecule has 2 aliphatic rings. The second-order valence-electron chi connectivity index (χ2n) is 23.8. The Kier molecular flexibility index (Phi) is 10.7. The van der Waals surface area contributed by atoms with E-state index in [9.17, 15) is 0 Å². The van der Waals surface area contributed by atoms with E-state index in [-0.39, 0.29) is 0 Å². The van der Waals surface area contributed by atoms with Gasteiger partial charge in [-0.15, -0.1) is 0 Å². The number of benzene rings is 15. The summed E-state index contributed by atoms with van der Waals surface area (Å²) in [6, 6.07) is 115. The molecule has 0 saturated heterocycles. The maximum atomic E-state index is 7.14. The van der Waals surface area contributed by atoms with Crippen LogP contribution >= 0.6 is 0 Å². The van der Waals surface area contributed by atoms with Gasteiger partial charge in [0.05, 0.1) is 16.8 Å². The van der Waals surface area contributed by atoms with Crippen molar-refractivity contribution in [3.8, 4) is 44.5 Å². The zero-order valence-electron chi connectivity index (χ0n) is 48.2. The van der Waals surface area contributed by atoms with E-state index in [1.54, 1.807) is 0 Å². The van der Waals surface area contributed by atoms with Crippen LogP contribution in [0.3, 0.4) is 0 Å². The lowest BCUT2D eigenvalue weighted by Crippen LogP contribution is -2.26. The minimum absolute atomic E-state index is 0.670. The SMILES string of the molecule is c1ccc(-c2cccc3c2oc2c(N(c4ccccc4)c4ccc5cc6c(cc5c4)C4(c5ccccc5-c5c4ccc4ccccc54)c4c-6ccc5cc(N(c6ccccc6)c6cccc7c6oc6c(-c8ccccc8)cccc67)ccc45)cccc23)cc1. The Morgan fingerprint density at radius 3 is 1.35 bits per heavy atom. The molecule has 0 radical (unpaired) electrons. The summed E-state index contributed by atoms with van der Waals surface area (Å²) in [6.07, 6.45) is 0. The number of furan rings is 2. The molecule has 0 N–H and O–H groups in total. The third kappa shape index (κ3) is 7.17. The first kappa shape index (κ1) is 49.5. The highest BCUT2D eigenvalue weighted by Crippen LogP contribution is 2.66. The number of nitrogens with zero attached hydrogens (tertiary/aromatic N) is 2. The van der Waals surface area contributed by atoms with E-state index in [1.807, 2.05) is 0 Å². The third-order valence-electron chi connectivity index (χ3n) is 19.2. The Bertz CT molecular complexity index is 5750. The van der Waals surface area contributed by atoms with E-state index >= 15 is 0 Å². The van der Waals surface area contributed by atoms with Crippen LogP contribution in [0.4, 0.5) is 34.1 Å². The maximum absolute atomic E-state index is 7.14. The monoisotopic (exact) mass is 1130 g/mol. The van der Waals surface area contributed by atoms with Crippen LogP contribution in [0, 0.1) is 0 Å². The molecule has 1 atom stereocenters. The lowest BCUT2D eigenvalue weighted by molar-refractivity contribution is 0.670. The Labute approximate surface area is 513 Å². The molecule has 2 heterocycles. The number of hydrogen-bond donors (Lipinski definition) is 0. The van der Waals surface area contributed by atoms with Crippen molar-refractivity contribution in [1.29, 1.82) is 0 Å². The van der Waals surface area contributed by atoms with Gasteiger partial charge < -0.3 is 18.6 Å². The number of rotatable bonds is 8. The lowest BCUT2D eigenvalue weighted by Gasteiger charge is -2.32. The minimum Gasteiger partial charge on any atom is -0.453 e. The van der Waals surface area contributed by atoms with Crippen LogP contribution in [0.5, 0.6) is 0 Å². The molecule has 4 nitrogen and oxygen atoms in total. The van der Waals surface area contributed by atoms with Crippen molar-refractivity contribution in [3.05, 3.63) is 338 Å². The van der Waals surface area contributed by atoms with Crippen molar-refractivity contribution in [3.63, 3.8) is 0 Å². The quantitative estimate of drug-likeness (QED) is 0.152. The second-order valence-corrected chi connectivity index (χ2v) is 23.8. The molecule has 2 aliphatic carbocycles. The van der Waals surface area contributed by atoms with E-state index in [0.29, 0.717) is 0 Å². The van der Waals surface area contributed by atoms with Gasteiger partial charge in [0.1, 0.15) is 11.2 Å². The van der Waals surface area contributed by atoms with Crippen LogP contribution in [0.15, 0.2) is 324 Å². The molecule has 0 fully saturated rings. The topological polar surface area (TPSA) is 32.8 Å². The molecule has 0 aliphatic heterocycles. The predicted molar refractivity (Wildman–Crippen MR) is 370 cm³/mol. The van der Waals surface area contributed by atoms with Gasteiger partial charge in [0, 0.05) is 55.4 Å². The Morgan fingerprint density at radius 1 is 0.236 bits per heavy atom. The predicted octanol–water partition coefficient (Wildman–Crippen LogP) is 23.6. The Balaban J connectivity index is 0.827. The lowest BCUT2D eigenvalue weighted by atomic mass is 9.69. The first-order chi connectivity index (χ1) is 44.2. The molecule has 15 aromatic carbocycles. The Hall–Kier alpha value is -11.7. The number of anilines is 6. The number of hydrogen-bond acceptors (Lipinski definition) is 4. The van der Waals surface area contributed by atoms with Gasteiger partial charge >= 0.3 is 0 Å². The molecule has 4 heteroatoms. The zero-order valence-corrected chi connectivity index (χ0v) is 48.2. The molecule has 0 saturated carbocycles. The van der Waals surface area contributed by atoms with Gasteiger partial charge in [0.15, 0.2) is 11.2 Å². The van der Waals surface area contributed by atoms with E-state index < -0.39 is 5.41 Å². The van der Waals surface area contributed by atoms with Gasteiger partial charge in [-0.1, -0.05) is 243 Å². The molecule has 0 amide bonds. The van der Waals surface area contributed by atoms with E-state index in [0.717, 1.165) is 111 Å². The van der Waals surface area contributed by atoms with Crippen molar-refractivity contribution in [1.82, 2.24) is 0 Å². The van der Waals surface area contributed by atoms with Crippen molar-refractivity contribution in [2.24, 2.45) is 0 Å². The third-order valence-corrected chi connectivity index (χ3v) is 19.2. The van der Waals surface area contributed by atoms with Gasteiger partial charge in [0.2, 0.25) is 0 Å². The van der Waals surface area contributed by atoms with E-state index in [4.69, 9.17) is 8.83 Å². The summed E-state index contributed by atoms with van der Waals surface area (Å²) in [7, 11) is 0. The largest absolute Gasteiger partial charge is 0.453 e. The summed E-state index contributed by atoms with van der Waals surface area (Å²) >= 11 is 0. The second kappa shape index (κ2) is 19.1. The average Bonchev–Trinajstić information content (AvgIpc) is 1.50. The van der Waals surface area contributed by atoms with Crippen LogP contribution < -0.4 is 9.80 Å². The van der Waals surface area contributed by atoms with E-state index in [1.165, 1.54) is 66.1 Å². The van der Waals surface area contributed by atoms with Gasteiger partial charge in [0.25, 0.3) is 0 Å². The highest BCUT2D eigenvalue weighted by molar-refractivity contribution is 6.17. The van der Waals surface area contributed by atoms with E-state index in [2.05, 4.69) is 325 Å². The molecule has 19 rings (SSSR count). The molecular weight excluding hydrogens is 1080 g/mol. The normalized spacial score (nSPS) is 13.9. The summed E-state index contributed by atoms with van der Waals surface area (Å²) in [6.45, 7) is 0.